The molecular formula is C19H22BrN3O3. The molecule has 1 saturated heterocycles. The highest BCUT2D eigenvalue weighted by molar-refractivity contribution is 9.10. The smallest absolute Gasteiger partial charge is 0.289 e. The van der Waals surface area contributed by atoms with Crippen LogP contribution in [-0.2, 0) is 11.3 Å². The molecule has 0 unspecified atom stereocenters. The molecule has 2 heterocycles. The van der Waals surface area contributed by atoms with Gasteiger partial charge in [0.05, 0.1) is 6.54 Å². The highest BCUT2D eigenvalue weighted by Crippen LogP contribution is 2.16. The third-order valence-corrected chi connectivity index (χ3v) is 4.79. The average Bonchev–Trinajstić information content (AvgIpc) is 2.95. The summed E-state index contributed by atoms with van der Waals surface area (Å²) >= 11 is 3.22. The zero-order valence-electron chi connectivity index (χ0n) is 14.5. The second-order valence-electron chi connectivity index (χ2n) is 6.29. The van der Waals surface area contributed by atoms with Crippen molar-refractivity contribution < 1.29 is 14.0 Å². The van der Waals surface area contributed by atoms with Gasteiger partial charge in [-0.2, -0.15) is 0 Å². The number of nitrogens with one attached hydrogen (secondary N) is 1. The first-order valence-corrected chi connectivity index (χ1v) is 9.49. The fraction of sp³-hybridized carbons (Fsp3) is 0.368. The first kappa shape index (κ1) is 18.7. The SMILES string of the molecule is O=C(CN1CCCN(C(=O)c2ccc(Br)o2)CC1)NCc1ccccc1. The predicted molar refractivity (Wildman–Crippen MR) is 102 cm³/mol. The summed E-state index contributed by atoms with van der Waals surface area (Å²) in [6, 6.07) is 13.2. The number of nitrogens with zero attached hydrogens (tertiary/aromatic N) is 2. The molecule has 6 nitrogen and oxygen atoms in total. The summed E-state index contributed by atoms with van der Waals surface area (Å²) in [7, 11) is 0. The highest BCUT2D eigenvalue weighted by Gasteiger charge is 2.23. The van der Waals surface area contributed by atoms with E-state index in [-0.39, 0.29) is 11.8 Å². The summed E-state index contributed by atoms with van der Waals surface area (Å²) in [5.74, 6) is 0.237. The van der Waals surface area contributed by atoms with Crippen LogP contribution in [-0.4, -0.2) is 54.3 Å². The van der Waals surface area contributed by atoms with E-state index < -0.39 is 0 Å². The first-order valence-electron chi connectivity index (χ1n) is 8.69. The van der Waals surface area contributed by atoms with Crippen LogP contribution in [0.1, 0.15) is 22.5 Å². The van der Waals surface area contributed by atoms with E-state index in [0.29, 0.717) is 43.2 Å². The Morgan fingerprint density at radius 3 is 2.58 bits per heavy atom. The quantitative estimate of drug-likeness (QED) is 0.808. The van der Waals surface area contributed by atoms with Crippen molar-refractivity contribution in [1.82, 2.24) is 15.1 Å². The molecule has 7 heteroatoms. The Kier molecular flexibility index (Phi) is 6.46. The lowest BCUT2D eigenvalue weighted by atomic mass is 10.2. The Bertz CT molecular complexity index is 747. The minimum Gasteiger partial charge on any atom is -0.444 e. The third kappa shape index (κ3) is 5.19. The Morgan fingerprint density at radius 2 is 1.85 bits per heavy atom. The van der Waals surface area contributed by atoms with Gasteiger partial charge < -0.3 is 14.6 Å². The molecule has 138 valence electrons. The van der Waals surface area contributed by atoms with Crippen LogP contribution in [0.2, 0.25) is 0 Å². The molecule has 1 aromatic heterocycles. The van der Waals surface area contributed by atoms with E-state index in [4.69, 9.17) is 4.42 Å². The number of rotatable bonds is 5. The van der Waals surface area contributed by atoms with Crippen LogP contribution < -0.4 is 5.32 Å². The molecule has 0 bridgehead atoms. The maximum Gasteiger partial charge on any atom is 0.289 e. The molecule has 0 saturated carbocycles. The molecule has 1 aromatic carbocycles. The third-order valence-electron chi connectivity index (χ3n) is 4.36. The summed E-state index contributed by atoms with van der Waals surface area (Å²) in [5.41, 5.74) is 1.08. The molecule has 1 N–H and O–H groups in total. The zero-order valence-corrected chi connectivity index (χ0v) is 16.1. The van der Waals surface area contributed by atoms with E-state index in [1.807, 2.05) is 30.3 Å². The van der Waals surface area contributed by atoms with Gasteiger partial charge in [-0.1, -0.05) is 30.3 Å². The van der Waals surface area contributed by atoms with Gasteiger partial charge in [0.1, 0.15) is 0 Å². The van der Waals surface area contributed by atoms with Crippen LogP contribution in [0, 0.1) is 0 Å². The van der Waals surface area contributed by atoms with Crippen LogP contribution in [0.25, 0.3) is 0 Å². The monoisotopic (exact) mass is 419 g/mol. The van der Waals surface area contributed by atoms with Gasteiger partial charge >= 0.3 is 0 Å². The van der Waals surface area contributed by atoms with Crippen LogP contribution >= 0.6 is 15.9 Å². The number of carbonyl (C=O) groups excluding carboxylic acids is 2. The Hall–Kier alpha value is -2.12. The lowest BCUT2D eigenvalue weighted by Crippen LogP contribution is -2.39. The largest absolute Gasteiger partial charge is 0.444 e. The molecule has 0 atom stereocenters. The van der Waals surface area contributed by atoms with Crippen molar-refractivity contribution in [2.24, 2.45) is 0 Å². The molecule has 26 heavy (non-hydrogen) atoms. The summed E-state index contributed by atoms with van der Waals surface area (Å²) in [6.07, 6.45) is 0.833. The highest BCUT2D eigenvalue weighted by atomic mass is 79.9. The minimum atomic E-state index is -0.105. The predicted octanol–water partition coefficient (Wildman–Crippen LogP) is 2.51. The number of halogens is 1. The maximum atomic E-state index is 12.5. The van der Waals surface area contributed by atoms with Crippen molar-refractivity contribution in [3.63, 3.8) is 0 Å². The fourth-order valence-electron chi connectivity index (χ4n) is 2.97. The van der Waals surface area contributed by atoms with Gasteiger partial charge in [-0.3, -0.25) is 14.5 Å². The van der Waals surface area contributed by atoms with Gasteiger partial charge in [0.15, 0.2) is 10.4 Å². The second-order valence-corrected chi connectivity index (χ2v) is 7.07. The van der Waals surface area contributed by atoms with Crippen molar-refractivity contribution in [1.29, 1.82) is 0 Å². The van der Waals surface area contributed by atoms with Gasteiger partial charge in [-0.25, -0.2) is 0 Å². The number of hydrogen-bond donors (Lipinski definition) is 1. The van der Waals surface area contributed by atoms with E-state index in [0.717, 1.165) is 18.5 Å². The molecule has 1 fully saturated rings. The summed E-state index contributed by atoms with van der Waals surface area (Å²) < 4.78 is 5.90. The van der Waals surface area contributed by atoms with E-state index in [2.05, 4.69) is 26.1 Å². The molecule has 2 amide bonds. The van der Waals surface area contributed by atoms with Crippen molar-refractivity contribution in [3.05, 3.63) is 58.5 Å². The first-order chi connectivity index (χ1) is 12.6. The van der Waals surface area contributed by atoms with E-state index in [1.165, 1.54) is 0 Å². The Morgan fingerprint density at radius 1 is 1.04 bits per heavy atom. The van der Waals surface area contributed by atoms with Gasteiger partial charge in [0, 0.05) is 32.7 Å². The number of carbonyl (C=O) groups is 2. The zero-order chi connectivity index (χ0) is 18.4. The normalized spacial score (nSPS) is 15.5. The van der Waals surface area contributed by atoms with Crippen molar-refractivity contribution in [3.8, 4) is 0 Å². The van der Waals surface area contributed by atoms with Crippen LogP contribution in [0.3, 0.4) is 0 Å². The van der Waals surface area contributed by atoms with Gasteiger partial charge in [0.2, 0.25) is 5.91 Å². The standard InChI is InChI=1S/C19H22BrN3O3/c20-17-8-7-16(26-17)19(25)23-10-4-9-22(11-12-23)14-18(24)21-13-15-5-2-1-3-6-15/h1-3,5-8H,4,9-14H2,(H,21,24). The summed E-state index contributed by atoms with van der Waals surface area (Å²) in [4.78, 5) is 28.5. The molecule has 1 aliphatic heterocycles. The van der Waals surface area contributed by atoms with Gasteiger partial charge in [-0.05, 0) is 40.0 Å². The molecular weight excluding hydrogens is 398 g/mol. The summed E-state index contributed by atoms with van der Waals surface area (Å²) in [5, 5.41) is 2.95. The number of benzene rings is 1. The minimum absolute atomic E-state index is 0.00333. The Balaban J connectivity index is 1.46. The topological polar surface area (TPSA) is 65.8 Å². The van der Waals surface area contributed by atoms with E-state index >= 15 is 0 Å². The fourth-order valence-corrected chi connectivity index (χ4v) is 3.28. The van der Waals surface area contributed by atoms with Crippen LogP contribution in [0.4, 0.5) is 0 Å². The lowest BCUT2D eigenvalue weighted by molar-refractivity contribution is -0.122. The molecule has 0 spiro atoms. The van der Waals surface area contributed by atoms with E-state index in [1.54, 1.807) is 17.0 Å². The molecule has 2 aromatic rings. The summed E-state index contributed by atoms with van der Waals surface area (Å²) in [6.45, 7) is 3.60. The molecule has 0 aliphatic carbocycles. The number of amides is 2. The molecule has 1 aliphatic rings. The maximum absolute atomic E-state index is 12.5. The lowest BCUT2D eigenvalue weighted by Gasteiger charge is -2.21. The van der Waals surface area contributed by atoms with Crippen LogP contribution in [0.5, 0.6) is 0 Å². The van der Waals surface area contributed by atoms with E-state index in [9.17, 15) is 9.59 Å². The number of furan rings is 1. The molecule has 0 radical (unpaired) electrons. The average molecular weight is 420 g/mol. The number of hydrogen-bond acceptors (Lipinski definition) is 4. The van der Waals surface area contributed by atoms with Crippen molar-refractivity contribution in [2.75, 3.05) is 32.7 Å². The molecule has 3 rings (SSSR count). The van der Waals surface area contributed by atoms with Crippen molar-refractivity contribution in [2.45, 2.75) is 13.0 Å². The van der Waals surface area contributed by atoms with Crippen LogP contribution in [0.15, 0.2) is 51.6 Å². The van der Waals surface area contributed by atoms with Crippen molar-refractivity contribution >= 4 is 27.7 Å². The van der Waals surface area contributed by atoms with Gasteiger partial charge in [-0.15, -0.1) is 0 Å². The Labute approximate surface area is 161 Å². The van der Waals surface area contributed by atoms with Gasteiger partial charge in [0.25, 0.3) is 5.91 Å². The second kappa shape index (κ2) is 9.00.